The molecule has 0 unspecified atom stereocenters. The fraction of sp³-hybridized carbons (Fsp3) is 0.190. The van der Waals surface area contributed by atoms with Crippen LogP contribution in [0.4, 0.5) is 5.69 Å². The highest BCUT2D eigenvalue weighted by Crippen LogP contribution is 2.27. The van der Waals surface area contributed by atoms with E-state index >= 15 is 0 Å². The Morgan fingerprint density at radius 3 is 2.80 bits per heavy atom. The minimum Gasteiger partial charge on any atom is -0.451 e. The molecule has 152 valence electrons. The number of carbonyl (C=O) groups excluding carboxylic acids is 2. The molecule has 0 aliphatic rings. The van der Waals surface area contributed by atoms with Gasteiger partial charge in [0.05, 0.1) is 23.9 Å². The molecule has 1 amide bonds. The second-order valence-corrected chi connectivity index (χ2v) is 7.59. The second-order valence-electron chi connectivity index (χ2n) is 6.16. The number of benzene rings is 1. The van der Waals surface area contributed by atoms with Gasteiger partial charge in [-0.3, -0.25) is 9.78 Å². The van der Waals surface area contributed by atoms with Crippen molar-refractivity contribution in [1.29, 1.82) is 5.26 Å². The number of carbonyl (C=O) groups is 2. The second kappa shape index (κ2) is 9.96. The monoisotopic (exact) mass is 440 g/mol. The number of halogens is 1. The number of nitriles is 1. The van der Waals surface area contributed by atoms with Gasteiger partial charge in [-0.25, -0.2) is 9.78 Å². The van der Waals surface area contributed by atoms with E-state index in [9.17, 15) is 9.59 Å². The fourth-order valence-corrected chi connectivity index (χ4v) is 3.78. The minimum atomic E-state index is -0.633. The Hall–Kier alpha value is -3.28. The fourth-order valence-electron chi connectivity index (χ4n) is 2.66. The SMILES string of the molecule is Cc1nc(-c2ccccn2)sc1C(=O)OCC(=O)N(CCC#N)c1cccc(Cl)c1. The Balaban J connectivity index is 1.70. The molecule has 0 saturated carbocycles. The number of nitrogens with zero attached hydrogens (tertiary/aromatic N) is 4. The van der Waals surface area contributed by atoms with Crippen LogP contribution in [0.3, 0.4) is 0 Å². The minimum absolute atomic E-state index is 0.133. The van der Waals surface area contributed by atoms with Crippen molar-refractivity contribution in [3.05, 3.63) is 64.3 Å². The van der Waals surface area contributed by atoms with Crippen LogP contribution in [0.1, 0.15) is 21.8 Å². The molecular weight excluding hydrogens is 424 g/mol. The summed E-state index contributed by atoms with van der Waals surface area (Å²) in [6, 6.07) is 14.1. The average molecular weight is 441 g/mol. The van der Waals surface area contributed by atoms with Crippen LogP contribution >= 0.6 is 22.9 Å². The maximum Gasteiger partial charge on any atom is 0.350 e. The van der Waals surface area contributed by atoms with E-state index < -0.39 is 18.5 Å². The van der Waals surface area contributed by atoms with Gasteiger partial charge in [0.1, 0.15) is 9.88 Å². The van der Waals surface area contributed by atoms with Crippen molar-refractivity contribution in [1.82, 2.24) is 9.97 Å². The third kappa shape index (κ3) is 5.20. The first-order valence-corrected chi connectivity index (χ1v) is 10.2. The number of esters is 1. The van der Waals surface area contributed by atoms with Crippen molar-refractivity contribution in [3.8, 4) is 16.8 Å². The molecule has 9 heteroatoms. The lowest BCUT2D eigenvalue weighted by atomic mass is 10.2. The van der Waals surface area contributed by atoms with Gasteiger partial charge in [0.15, 0.2) is 6.61 Å². The van der Waals surface area contributed by atoms with E-state index in [0.29, 0.717) is 32.0 Å². The van der Waals surface area contributed by atoms with Crippen LogP contribution in [-0.4, -0.2) is 35.0 Å². The molecule has 2 aromatic heterocycles. The summed E-state index contributed by atoms with van der Waals surface area (Å²) in [5, 5.41) is 9.94. The zero-order chi connectivity index (χ0) is 21.5. The molecule has 7 nitrogen and oxygen atoms in total. The van der Waals surface area contributed by atoms with Crippen LogP contribution in [0.2, 0.25) is 5.02 Å². The quantitative estimate of drug-likeness (QED) is 0.509. The van der Waals surface area contributed by atoms with Gasteiger partial charge in [0.2, 0.25) is 0 Å². The highest BCUT2D eigenvalue weighted by molar-refractivity contribution is 7.17. The van der Waals surface area contributed by atoms with Gasteiger partial charge in [0.25, 0.3) is 5.91 Å². The third-order valence-corrected chi connectivity index (χ3v) is 5.46. The smallest absolute Gasteiger partial charge is 0.350 e. The maximum absolute atomic E-state index is 12.7. The first-order valence-electron chi connectivity index (χ1n) is 8.98. The van der Waals surface area contributed by atoms with Gasteiger partial charge in [-0.2, -0.15) is 5.26 Å². The highest BCUT2D eigenvalue weighted by Gasteiger charge is 2.22. The Kier molecular flexibility index (Phi) is 7.12. The number of rotatable bonds is 7. The zero-order valence-corrected chi connectivity index (χ0v) is 17.6. The van der Waals surface area contributed by atoms with Crippen LogP contribution in [0.15, 0.2) is 48.7 Å². The molecule has 3 rings (SSSR count). The van der Waals surface area contributed by atoms with E-state index in [4.69, 9.17) is 21.6 Å². The number of hydrogen-bond acceptors (Lipinski definition) is 7. The molecular formula is C21H17ClN4O3S. The Morgan fingerprint density at radius 1 is 1.27 bits per heavy atom. The summed E-state index contributed by atoms with van der Waals surface area (Å²) in [7, 11) is 0. The number of aryl methyl sites for hydroxylation is 1. The van der Waals surface area contributed by atoms with Crippen LogP contribution in [0, 0.1) is 18.3 Å². The lowest BCUT2D eigenvalue weighted by Crippen LogP contribution is -2.35. The molecule has 0 aliphatic carbocycles. The predicted molar refractivity (Wildman–Crippen MR) is 114 cm³/mol. The van der Waals surface area contributed by atoms with E-state index in [1.54, 1.807) is 49.5 Å². The summed E-state index contributed by atoms with van der Waals surface area (Å²) in [4.78, 5) is 35.5. The van der Waals surface area contributed by atoms with Crippen LogP contribution < -0.4 is 4.90 Å². The van der Waals surface area contributed by atoms with E-state index in [1.165, 1.54) is 4.90 Å². The maximum atomic E-state index is 12.7. The van der Waals surface area contributed by atoms with Gasteiger partial charge < -0.3 is 9.64 Å². The first-order chi connectivity index (χ1) is 14.5. The molecule has 0 atom stereocenters. The Labute approximate surface area is 182 Å². The molecule has 30 heavy (non-hydrogen) atoms. The summed E-state index contributed by atoms with van der Waals surface area (Å²) >= 11 is 7.17. The van der Waals surface area contributed by atoms with E-state index in [2.05, 4.69) is 9.97 Å². The van der Waals surface area contributed by atoms with Crippen molar-refractivity contribution in [3.63, 3.8) is 0 Å². The van der Waals surface area contributed by atoms with Crippen molar-refractivity contribution in [2.75, 3.05) is 18.1 Å². The lowest BCUT2D eigenvalue weighted by Gasteiger charge is -2.21. The molecule has 0 fully saturated rings. The predicted octanol–water partition coefficient (Wildman–Crippen LogP) is 4.27. The van der Waals surface area contributed by atoms with E-state index in [-0.39, 0.29) is 13.0 Å². The topological polar surface area (TPSA) is 96.2 Å². The number of anilines is 1. The average Bonchev–Trinajstić information content (AvgIpc) is 3.15. The Bertz CT molecular complexity index is 1100. The molecule has 1 aromatic carbocycles. The standard InChI is InChI=1S/C21H17ClN4O3S/c1-14-19(30-20(25-14)17-8-2-3-10-24-17)21(28)29-13-18(27)26(11-5-9-23)16-7-4-6-15(22)12-16/h2-4,6-8,10,12H,5,11,13H2,1H3. The molecule has 2 heterocycles. The summed E-state index contributed by atoms with van der Waals surface area (Å²) in [5.41, 5.74) is 1.70. The van der Waals surface area contributed by atoms with Gasteiger partial charge in [-0.1, -0.05) is 23.7 Å². The summed E-state index contributed by atoms with van der Waals surface area (Å²) in [5.74, 6) is -1.08. The lowest BCUT2D eigenvalue weighted by molar-refractivity contribution is -0.121. The van der Waals surface area contributed by atoms with Crippen LogP contribution in [-0.2, 0) is 9.53 Å². The number of pyridine rings is 1. The van der Waals surface area contributed by atoms with Crippen LogP contribution in [0.25, 0.3) is 10.7 Å². The molecule has 0 saturated heterocycles. The van der Waals surface area contributed by atoms with Crippen molar-refractivity contribution in [2.45, 2.75) is 13.3 Å². The number of hydrogen-bond donors (Lipinski definition) is 0. The summed E-state index contributed by atoms with van der Waals surface area (Å²) < 4.78 is 5.24. The normalized spacial score (nSPS) is 10.3. The van der Waals surface area contributed by atoms with E-state index in [1.807, 2.05) is 12.1 Å². The van der Waals surface area contributed by atoms with Gasteiger partial charge in [0, 0.05) is 23.5 Å². The van der Waals surface area contributed by atoms with Crippen molar-refractivity contribution in [2.24, 2.45) is 0 Å². The van der Waals surface area contributed by atoms with Crippen LogP contribution in [0.5, 0.6) is 0 Å². The Morgan fingerprint density at radius 2 is 2.10 bits per heavy atom. The largest absolute Gasteiger partial charge is 0.451 e. The number of aromatic nitrogens is 2. The zero-order valence-electron chi connectivity index (χ0n) is 16.0. The molecule has 0 radical (unpaired) electrons. The van der Waals surface area contributed by atoms with E-state index in [0.717, 1.165) is 11.3 Å². The molecule has 3 aromatic rings. The third-order valence-electron chi connectivity index (χ3n) is 4.06. The molecule has 0 bridgehead atoms. The summed E-state index contributed by atoms with van der Waals surface area (Å²) in [6.45, 7) is 1.40. The summed E-state index contributed by atoms with van der Waals surface area (Å²) in [6.07, 6.45) is 1.78. The molecule has 0 aliphatic heterocycles. The molecule has 0 N–H and O–H groups in total. The number of ether oxygens (including phenoxy) is 1. The van der Waals surface area contributed by atoms with Crippen molar-refractivity contribution < 1.29 is 14.3 Å². The highest BCUT2D eigenvalue weighted by atomic mass is 35.5. The van der Waals surface area contributed by atoms with Gasteiger partial charge in [-0.05, 0) is 37.3 Å². The van der Waals surface area contributed by atoms with Gasteiger partial charge >= 0.3 is 5.97 Å². The first kappa shape index (κ1) is 21.4. The number of thiazole rings is 1. The number of amides is 1. The van der Waals surface area contributed by atoms with Crippen molar-refractivity contribution >= 4 is 40.5 Å². The molecule has 0 spiro atoms. The van der Waals surface area contributed by atoms with Gasteiger partial charge in [-0.15, -0.1) is 11.3 Å².